The first-order valence-electron chi connectivity index (χ1n) is 12.2. The van der Waals surface area contributed by atoms with E-state index in [1.54, 1.807) is 35.0 Å². The zero-order valence-corrected chi connectivity index (χ0v) is 19.5. The molecule has 0 atom stereocenters. The molecule has 2 aromatic heterocycles. The van der Waals surface area contributed by atoms with E-state index in [1.165, 1.54) is 24.6 Å². The summed E-state index contributed by atoms with van der Waals surface area (Å²) in [4.78, 5) is 14.1. The van der Waals surface area contributed by atoms with Crippen LogP contribution in [0.4, 0.5) is 21.7 Å². The molecule has 4 heterocycles. The molecule has 2 saturated heterocycles. The number of halogens is 1. The van der Waals surface area contributed by atoms with E-state index >= 15 is 0 Å². The highest BCUT2D eigenvalue weighted by atomic mass is 19.1. The Bertz CT molecular complexity index is 1290. The van der Waals surface area contributed by atoms with E-state index in [1.807, 2.05) is 12.1 Å². The van der Waals surface area contributed by atoms with Gasteiger partial charge in [0.15, 0.2) is 11.5 Å². The third-order valence-corrected chi connectivity index (χ3v) is 6.89. The highest BCUT2D eigenvalue weighted by molar-refractivity contribution is 5.65. The average Bonchev–Trinajstić information content (AvgIpc) is 3.39. The molecule has 4 aromatic rings. The van der Waals surface area contributed by atoms with Crippen LogP contribution in [0, 0.1) is 5.82 Å². The van der Waals surface area contributed by atoms with Crippen LogP contribution in [-0.4, -0.2) is 69.9 Å². The quantitative estimate of drug-likeness (QED) is 0.470. The van der Waals surface area contributed by atoms with E-state index in [2.05, 4.69) is 42.3 Å². The lowest BCUT2D eigenvalue weighted by molar-refractivity contribution is 0.0115. The standard InChI is InChI=1S/C26H28FN7O/c27-23-4-2-1-3-22(23)25-30-24-9-12-28-34(24)26(31-25)29-19-5-7-20(8-6-19)32-13-10-21(11-14-32)33-15-17-35-18-16-33/h1-9,12,21H,10-11,13-18H2,(H,29,30,31). The van der Waals surface area contributed by atoms with E-state index < -0.39 is 0 Å². The summed E-state index contributed by atoms with van der Waals surface area (Å²) in [5, 5.41) is 7.66. The normalized spacial score (nSPS) is 17.7. The van der Waals surface area contributed by atoms with Crippen molar-refractivity contribution < 1.29 is 9.13 Å². The van der Waals surface area contributed by atoms with Crippen LogP contribution in [0.15, 0.2) is 60.8 Å². The maximum Gasteiger partial charge on any atom is 0.232 e. The summed E-state index contributed by atoms with van der Waals surface area (Å²) in [7, 11) is 0. The van der Waals surface area contributed by atoms with Crippen LogP contribution >= 0.6 is 0 Å². The number of nitrogens with zero attached hydrogens (tertiary/aromatic N) is 6. The summed E-state index contributed by atoms with van der Waals surface area (Å²) in [6, 6.07) is 17.3. The van der Waals surface area contributed by atoms with Gasteiger partial charge >= 0.3 is 0 Å². The second kappa shape index (κ2) is 9.59. The topological polar surface area (TPSA) is 70.8 Å². The van der Waals surface area contributed by atoms with Gasteiger partial charge in [0.1, 0.15) is 5.82 Å². The molecule has 2 aliphatic heterocycles. The van der Waals surface area contributed by atoms with Gasteiger partial charge in [-0.25, -0.2) is 9.37 Å². The van der Waals surface area contributed by atoms with Gasteiger partial charge in [-0.3, -0.25) is 4.90 Å². The second-order valence-corrected chi connectivity index (χ2v) is 8.99. The third-order valence-electron chi connectivity index (χ3n) is 6.89. The SMILES string of the molecule is Fc1ccccc1-c1nc(Nc2ccc(N3CCC(N4CCOCC4)CC3)cc2)n2nccc2n1. The molecule has 1 N–H and O–H groups in total. The number of nitrogens with one attached hydrogen (secondary N) is 1. The summed E-state index contributed by atoms with van der Waals surface area (Å²) in [6.07, 6.45) is 4.01. The third kappa shape index (κ3) is 4.56. The van der Waals surface area contributed by atoms with Crippen LogP contribution in [0.1, 0.15) is 12.8 Å². The molecule has 180 valence electrons. The molecule has 0 aliphatic carbocycles. The predicted molar refractivity (Wildman–Crippen MR) is 134 cm³/mol. The molecular weight excluding hydrogens is 445 g/mol. The molecule has 8 nitrogen and oxygen atoms in total. The minimum atomic E-state index is -0.357. The molecule has 6 rings (SSSR count). The number of hydrogen-bond acceptors (Lipinski definition) is 7. The summed E-state index contributed by atoms with van der Waals surface area (Å²) < 4.78 is 21.5. The lowest BCUT2D eigenvalue weighted by atomic mass is 10.0. The molecular formula is C26H28FN7O. The van der Waals surface area contributed by atoms with E-state index in [0.717, 1.165) is 45.1 Å². The van der Waals surface area contributed by atoms with Gasteiger partial charge < -0.3 is 15.0 Å². The van der Waals surface area contributed by atoms with Gasteiger partial charge in [0.05, 0.1) is 25.0 Å². The lowest BCUT2D eigenvalue weighted by Crippen LogP contribution is -2.49. The van der Waals surface area contributed by atoms with Crippen molar-refractivity contribution in [2.45, 2.75) is 18.9 Å². The van der Waals surface area contributed by atoms with Crippen molar-refractivity contribution in [3.63, 3.8) is 0 Å². The number of piperidine rings is 1. The van der Waals surface area contributed by atoms with Crippen molar-refractivity contribution >= 4 is 23.0 Å². The lowest BCUT2D eigenvalue weighted by Gasteiger charge is -2.40. The minimum Gasteiger partial charge on any atom is -0.379 e. The van der Waals surface area contributed by atoms with E-state index in [4.69, 9.17) is 4.74 Å². The summed E-state index contributed by atoms with van der Waals surface area (Å²) in [5.74, 6) is 0.444. The maximum absolute atomic E-state index is 14.4. The number of aromatic nitrogens is 4. The summed E-state index contributed by atoms with van der Waals surface area (Å²) in [6.45, 7) is 5.93. The number of fused-ring (bicyclic) bond motifs is 1. The number of morpholine rings is 1. The van der Waals surface area contributed by atoms with Gasteiger partial charge in [0, 0.05) is 49.7 Å². The van der Waals surface area contributed by atoms with Crippen LogP contribution in [-0.2, 0) is 4.74 Å². The molecule has 0 saturated carbocycles. The second-order valence-electron chi connectivity index (χ2n) is 8.99. The van der Waals surface area contributed by atoms with Crippen molar-refractivity contribution in [3.05, 3.63) is 66.6 Å². The molecule has 2 fully saturated rings. The number of ether oxygens (including phenoxy) is 1. The molecule has 35 heavy (non-hydrogen) atoms. The van der Waals surface area contributed by atoms with Gasteiger partial charge in [-0.1, -0.05) is 12.1 Å². The summed E-state index contributed by atoms with van der Waals surface area (Å²) >= 11 is 0. The molecule has 0 spiro atoms. The number of rotatable bonds is 5. The van der Waals surface area contributed by atoms with E-state index in [-0.39, 0.29) is 5.82 Å². The first kappa shape index (κ1) is 21.9. The van der Waals surface area contributed by atoms with E-state index in [9.17, 15) is 4.39 Å². The molecule has 2 aliphatic rings. The first-order valence-corrected chi connectivity index (χ1v) is 12.2. The van der Waals surface area contributed by atoms with Gasteiger partial charge in [0.2, 0.25) is 5.95 Å². The van der Waals surface area contributed by atoms with Crippen molar-refractivity contribution in [2.24, 2.45) is 0 Å². The molecule has 2 aromatic carbocycles. The van der Waals surface area contributed by atoms with Crippen LogP contribution < -0.4 is 10.2 Å². The molecule has 0 radical (unpaired) electrons. The van der Waals surface area contributed by atoms with Crippen molar-refractivity contribution in [1.82, 2.24) is 24.5 Å². The number of hydrogen-bond donors (Lipinski definition) is 1. The highest BCUT2D eigenvalue weighted by Gasteiger charge is 2.26. The van der Waals surface area contributed by atoms with Gasteiger partial charge in [-0.05, 0) is 49.2 Å². The first-order chi connectivity index (χ1) is 17.2. The van der Waals surface area contributed by atoms with Crippen molar-refractivity contribution in [2.75, 3.05) is 49.6 Å². The Labute approximate surface area is 203 Å². The Morgan fingerprint density at radius 1 is 0.886 bits per heavy atom. The fourth-order valence-electron chi connectivity index (χ4n) is 4.99. The predicted octanol–water partition coefficient (Wildman–Crippen LogP) is 3.98. The highest BCUT2D eigenvalue weighted by Crippen LogP contribution is 2.27. The Hall–Kier alpha value is -3.56. The molecule has 0 bridgehead atoms. The largest absolute Gasteiger partial charge is 0.379 e. The Kier molecular flexibility index (Phi) is 6.01. The Morgan fingerprint density at radius 2 is 1.66 bits per heavy atom. The van der Waals surface area contributed by atoms with E-state index in [0.29, 0.717) is 29.0 Å². The van der Waals surface area contributed by atoms with Crippen molar-refractivity contribution in [3.8, 4) is 11.4 Å². The van der Waals surface area contributed by atoms with Crippen LogP contribution in [0.25, 0.3) is 17.0 Å². The number of benzene rings is 2. The monoisotopic (exact) mass is 473 g/mol. The van der Waals surface area contributed by atoms with Crippen molar-refractivity contribution in [1.29, 1.82) is 0 Å². The average molecular weight is 474 g/mol. The van der Waals surface area contributed by atoms with Crippen LogP contribution in [0.2, 0.25) is 0 Å². The maximum atomic E-state index is 14.4. The Morgan fingerprint density at radius 3 is 2.43 bits per heavy atom. The zero-order valence-electron chi connectivity index (χ0n) is 19.5. The molecule has 9 heteroatoms. The smallest absolute Gasteiger partial charge is 0.232 e. The zero-order chi connectivity index (χ0) is 23.6. The number of anilines is 3. The summed E-state index contributed by atoms with van der Waals surface area (Å²) in [5.41, 5.74) is 3.05. The van der Waals surface area contributed by atoms with Crippen LogP contribution in [0.3, 0.4) is 0 Å². The fraction of sp³-hybridized carbons (Fsp3) is 0.346. The fourth-order valence-corrected chi connectivity index (χ4v) is 4.99. The molecule has 0 unspecified atom stereocenters. The molecule has 0 amide bonds. The van der Waals surface area contributed by atoms with Gasteiger partial charge in [-0.15, -0.1) is 0 Å². The van der Waals surface area contributed by atoms with Gasteiger partial charge in [0.25, 0.3) is 0 Å². The Balaban J connectivity index is 1.17. The van der Waals surface area contributed by atoms with Crippen LogP contribution in [0.5, 0.6) is 0 Å². The van der Waals surface area contributed by atoms with Gasteiger partial charge in [-0.2, -0.15) is 14.6 Å². The minimum absolute atomic E-state index is 0.318.